The fourth-order valence-corrected chi connectivity index (χ4v) is 27.4. The summed E-state index contributed by atoms with van der Waals surface area (Å²) in [5.74, 6) is -4.33. The van der Waals surface area contributed by atoms with Gasteiger partial charge in [0.2, 0.25) is 0 Å². The van der Waals surface area contributed by atoms with E-state index in [1.165, 1.54) is 18.4 Å². The van der Waals surface area contributed by atoms with Crippen LogP contribution in [0.2, 0.25) is 0 Å². The van der Waals surface area contributed by atoms with Gasteiger partial charge in [-0.1, -0.05) is 48.1 Å². The summed E-state index contributed by atoms with van der Waals surface area (Å²) in [7, 11) is 0. The van der Waals surface area contributed by atoms with Gasteiger partial charge in [0.25, 0.3) is 0 Å². The molecule has 20 heterocycles. The van der Waals surface area contributed by atoms with E-state index in [-0.39, 0.29) is 41.7 Å². The molecule has 0 saturated heterocycles. The van der Waals surface area contributed by atoms with Gasteiger partial charge in [-0.2, -0.15) is 10.5 Å². The lowest BCUT2D eigenvalue weighted by molar-refractivity contribution is -0.136. The number of aromatic nitrogens is 1. The van der Waals surface area contributed by atoms with Crippen LogP contribution < -0.4 is 30.0 Å². The number of anilines is 4. The Bertz CT molecular complexity index is 8220. The number of pyridine rings is 1. The predicted molar refractivity (Wildman–Crippen MR) is 453 cm³/mol. The molecular weight excluding hydrogens is 1500 g/mol. The second-order valence-electron chi connectivity index (χ2n) is 35.3. The van der Waals surface area contributed by atoms with Crippen LogP contribution in [0.5, 0.6) is 11.5 Å². The summed E-state index contributed by atoms with van der Waals surface area (Å²) in [4.78, 5) is 66.2. The zero-order valence-electron chi connectivity index (χ0n) is 62.7. The average molecular weight is 1550 g/mol. The highest BCUT2D eigenvalue weighted by molar-refractivity contribution is 6.37. The Morgan fingerprint density at radius 1 is 0.675 bits per heavy atom. The number of phenols is 2. The minimum absolute atomic E-state index is 0.00294. The number of aliphatic hydroxyl groups excluding tert-OH is 1. The van der Waals surface area contributed by atoms with Gasteiger partial charge in [-0.3, -0.25) is 29.7 Å². The quantitative estimate of drug-likeness (QED) is 0.0422. The van der Waals surface area contributed by atoms with E-state index in [0.717, 1.165) is 240 Å². The van der Waals surface area contributed by atoms with Crippen molar-refractivity contribution in [3.63, 3.8) is 0 Å². The fourth-order valence-electron chi connectivity index (χ4n) is 27.4. The maximum Gasteiger partial charge on any atom is 0.338 e. The molecule has 0 radical (unpaired) electrons. The third-order valence-electron chi connectivity index (χ3n) is 30.9. The molecule has 32 rings (SSSR count). The first kappa shape index (κ1) is 61.0. The van der Waals surface area contributed by atoms with Crippen molar-refractivity contribution in [2.75, 3.05) is 32.7 Å². The molecule has 20 nitrogen and oxygen atoms in total. The number of aromatic hydroxyl groups is 2. The van der Waals surface area contributed by atoms with Crippen molar-refractivity contribution in [1.82, 2.24) is 14.8 Å². The molecule has 6 aromatic rings. The number of nitrogens with zero attached hydrogens (tertiary/aromatic N) is 12. The monoisotopic (exact) mass is 1550 g/mol. The molecule has 1 aromatic heterocycles. The third-order valence-corrected chi connectivity index (χ3v) is 30.9. The molecule has 0 amide bonds. The number of carboxylic acid groups (broad SMARTS) is 2. The molecule has 0 fully saturated rings. The van der Waals surface area contributed by atoms with Crippen molar-refractivity contribution in [1.29, 1.82) is 15.9 Å². The first-order valence-electron chi connectivity index (χ1n) is 40.9. The molecule has 5 aromatic carbocycles. The highest BCUT2D eigenvalue weighted by Gasteiger charge is 2.66. The normalized spacial score (nSPS) is 27.6. The summed E-state index contributed by atoms with van der Waals surface area (Å²) < 4.78 is 0. The molecule has 7 aliphatic carbocycles. The number of nitrogens with one attached hydrogen (secondary N) is 1. The molecule has 0 spiro atoms. The summed E-state index contributed by atoms with van der Waals surface area (Å²) in [6.07, 6.45) is 39.0. The summed E-state index contributed by atoms with van der Waals surface area (Å²) in [5, 5.41) is 97.4. The van der Waals surface area contributed by atoms with E-state index in [4.69, 9.17) is 25.4 Å². The van der Waals surface area contributed by atoms with Crippen LogP contribution in [0.1, 0.15) is 87.2 Å². The summed E-state index contributed by atoms with van der Waals surface area (Å²) in [6.45, 7) is 0.605. The SMILES string of the molecule is N#C/C=C/N1C=CC2=C3C1=CC1=NC4=C(C(=O)O)c5cc6c7c8c5C5=C9CC8=C8C%10=C%11c%12c(cnc%13c(O)c(c-7c8c%12%13)=CN6/C=C/C#N)=C(O)C6=Cc7cc(O)c8c(c7)C7=C%12C(=CC%13=C%14C%15=CC%16C%17=C%18C%19=C(C3C1=C(C%19=C9C%17=NC(/C7=C(\C%10)CC6%11)N%16C%14%12)C45)N1C2=CN(C/C=C/C=N)c2c1c%18cc1c3c(ccc21)C=CC(=N%13)C%153)N8C/C=C/CC(=O)O. The Morgan fingerprint density at radius 2 is 1.55 bits per heavy atom. The molecular formula is C100H51N13O7. The van der Waals surface area contributed by atoms with Crippen LogP contribution in [0, 0.1) is 45.8 Å². The van der Waals surface area contributed by atoms with Gasteiger partial charge in [-0.05, 0) is 186 Å². The number of hydrogen-bond acceptors (Lipinski definition) is 18. The number of dihydropyridines is 1. The maximum absolute atomic E-state index is 15.8. The minimum Gasteiger partial charge on any atom is -0.507 e. The number of fused-ring (bicyclic) bond motifs is 3. The molecule has 120 heavy (non-hydrogen) atoms. The predicted octanol–water partition coefficient (Wildman–Crippen LogP) is 14.4. The number of aliphatic carboxylic acids is 2. The molecule has 558 valence electrons. The Morgan fingerprint density at radius 3 is 2.42 bits per heavy atom. The largest absolute Gasteiger partial charge is 0.507 e. The molecule has 26 aliphatic rings. The van der Waals surface area contributed by atoms with Gasteiger partial charge in [-0.15, -0.1) is 0 Å². The number of hydrogen-bond donors (Lipinski definition) is 6. The first-order valence-corrected chi connectivity index (χ1v) is 40.9. The van der Waals surface area contributed by atoms with E-state index < -0.39 is 47.9 Å². The Labute approximate surface area is 678 Å². The van der Waals surface area contributed by atoms with E-state index in [9.17, 15) is 40.9 Å². The number of carboxylic acids is 2. The van der Waals surface area contributed by atoms with Crippen LogP contribution in [0.3, 0.4) is 0 Å². The number of carbonyl (C=O) groups is 2. The van der Waals surface area contributed by atoms with Crippen molar-refractivity contribution in [3.8, 4) is 34.8 Å². The van der Waals surface area contributed by atoms with Gasteiger partial charge in [0.15, 0.2) is 5.75 Å². The molecule has 8 atom stereocenters. The van der Waals surface area contributed by atoms with Crippen LogP contribution in [-0.4, -0.2) is 107 Å². The third kappa shape index (κ3) is 6.09. The second kappa shape index (κ2) is 19.1. The Kier molecular flexibility index (Phi) is 9.71. The topological polar surface area (TPSA) is 276 Å². The molecule has 19 aliphatic heterocycles. The number of phenolic OH excluding ortho intramolecular Hbond substituents is 2. The van der Waals surface area contributed by atoms with Crippen LogP contribution in [0.15, 0.2) is 273 Å². The van der Waals surface area contributed by atoms with Crippen LogP contribution >= 0.6 is 0 Å². The molecule has 20 heteroatoms. The maximum atomic E-state index is 15.8. The Hall–Kier alpha value is -15.5. The number of aliphatic hydroxyl groups is 1. The molecule has 8 unspecified atom stereocenters. The fraction of sp³-hybridized carbons (Fsp3) is 0.130. The van der Waals surface area contributed by atoms with Crippen molar-refractivity contribution >= 4 is 143 Å². The summed E-state index contributed by atoms with van der Waals surface area (Å²) >= 11 is 0. The summed E-state index contributed by atoms with van der Waals surface area (Å²) in [6, 6.07) is 16.5. The number of nitriles is 2. The highest BCUT2D eigenvalue weighted by atomic mass is 16.4. The van der Waals surface area contributed by atoms with Crippen molar-refractivity contribution in [2.24, 2.45) is 32.7 Å². The van der Waals surface area contributed by atoms with E-state index in [1.54, 1.807) is 36.8 Å². The molecule has 62 bridgehead atoms. The lowest BCUT2D eigenvalue weighted by atomic mass is 9.50. The van der Waals surface area contributed by atoms with Gasteiger partial charge in [-0.25, -0.2) is 4.79 Å². The van der Waals surface area contributed by atoms with Crippen molar-refractivity contribution < 1.29 is 35.1 Å². The zero-order valence-corrected chi connectivity index (χ0v) is 62.7. The standard InChI is InChI=1S/C100H51N13O7/c101-13-2-4-16-110-34-59-39-12-20-108(17-5-14-102)56-30-54-78-84-83-76-45-27-44-65-43-25-37-24-40-42(97(117)50-32-104-91-86(74(50)64(40)43)82(65)75-51(98(91)118)33-109(18-6-15-103)55-28-47-69(70(44)79(55)75)71(45)85(84)90(106-54)77(47)100(119)120)21-35-22-48-72-63(37)99-107-89(76)80-58-29-46-66-52(105-53-31-57(81(72)95(67(46)53)113(58)99)111(92(48)60(114)23-35)19-3-1-7-61(115)116)11-9-36-8-10-38-41(62(36)66)26-49-73(80)88(83)96(87(78)68(39)56)112(59)94(49)93(38)110/h1-6,8-13,17-18,20-23,26,28-34,40,58,66,85,87,95,99,101,114,117-118H,7,16,19,24-25,27H2,(H,115,116)(H,119,120)/b3-1+,4-2+,17-5+,18-6+,42-21?,63-37-,101-13?. The first-order chi connectivity index (χ1) is 58.9. The lowest BCUT2D eigenvalue weighted by Crippen LogP contribution is -2.62. The smallest absolute Gasteiger partial charge is 0.338 e. The molecule has 0 saturated carbocycles. The van der Waals surface area contributed by atoms with E-state index in [1.807, 2.05) is 34.3 Å². The Balaban J connectivity index is 0.836. The second-order valence-corrected chi connectivity index (χ2v) is 35.3. The average Bonchev–Trinajstić information content (AvgIpc) is 0.633. The number of benzene rings is 5. The number of aliphatic imine (C=N–C) groups is 3. The minimum atomic E-state index is -1.15. The van der Waals surface area contributed by atoms with Gasteiger partial charge >= 0.3 is 11.9 Å². The van der Waals surface area contributed by atoms with Gasteiger partial charge in [0, 0.05) is 191 Å². The highest BCUT2D eigenvalue weighted by Crippen LogP contribution is 2.77. The van der Waals surface area contributed by atoms with Gasteiger partial charge in [0.05, 0.1) is 117 Å². The van der Waals surface area contributed by atoms with E-state index in [2.05, 4.69) is 111 Å². The molecule has 6 N–H and O–H groups in total. The number of rotatable bonds is 10. The van der Waals surface area contributed by atoms with Crippen molar-refractivity contribution in [2.45, 2.75) is 49.9 Å². The number of allylic oxidation sites excluding steroid dienone is 20. The van der Waals surface area contributed by atoms with Crippen LogP contribution in [0.25, 0.3) is 95.9 Å². The zero-order chi connectivity index (χ0) is 78.4. The van der Waals surface area contributed by atoms with E-state index >= 15 is 4.79 Å². The summed E-state index contributed by atoms with van der Waals surface area (Å²) in [5.41, 5.74) is 43.2. The van der Waals surface area contributed by atoms with Gasteiger partial charge < -0.3 is 55.4 Å². The van der Waals surface area contributed by atoms with Gasteiger partial charge in [0.1, 0.15) is 23.2 Å². The van der Waals surface area contributed by atoms with Crippen LogP contribution in [0.4, 0.5) is 22.7 Å². The van der Waals surface area contributed by atoms with E-state index in [0.29, 0.717) is 81.2 Å². The lowest BCUT2D eigenvalue weighted by Gasteiger charge is -2.61. The van der Waals surface area contributed by atoms with Crippen molar-refractivity contribution in [3.05, 3.63) is 324 Å². The van der Waals surface area contributed by atoms with Crippen LogP contribution in [-0.2, 0) is 9.59 Å².